The van der Waals surface area contributed by atoms with Crippen LogP contribution in [0.5, 0.6) is 5.75 Å². The minimum absolute atomic E-state index is 0.202. The Balaban J connectivity index is 2.08. The van der Waals surface area contributed by atoms with Crippen molar-refractivity contribution in [2.24, 2.45) is 0 Å². The highest BCUT2D eigenvalue weighted by atomic mass is 19.1. The molecule has 2 aromatic carbocycles. The fraction of sp³-hybridized carbons (Fsp3) is 0.211. The van der Waals surface area contributed by atoms with E-state index in [1.165, 1.54) is 25.3 Å². The lowest BCUT2D eigenvalue weighted by atomic mass is 9.81. The van der Waals surface area contributed by atoms with E-state index in [2.05, 4.69) is 4.98 Å². The van der Waals surface area contributed by atoms with Crippen molar-refractivity contribution in [1.29, 1.82) is 0 Å². The van der Waals surface area contributed by atoms with E-state index in [0.29, 0.717) is 0 Å². The van der Waals surface area contributed by atoms with E-state index in [9.17, 15) is 8.78 Å². The first-order valence-corrected chi connectivity index (χ1v) is 7.56. The van der Waals surface area contributed by atoms with Gasteiger partial charge in [0.25, 0.3) is 0 Å². The van der Waals surface area contributed by atoms with Gasteiger partial charge in [0.1, 0.15) is 5.82 Å². The van der Waals surface area contributed by atoms with Crippen molar-refractivity contribution in [3.63, 3.8) is 0 Å². The van der Waals surface area contributed by atoms with Crippen LogP contribution in [0.15, 0.2) is 55.0 Å². The highest BCUT2D eigenvalue weighted by Gasteiger charge is 2.28. The third kappa shape index (κ3) is 2.77. The van der Waals surface area contributed by atoms with Gasteiger partial charge in [-0.2, -0.15) is 0 Å². The molecule has 0 fully saturated rings. The normalized spacial score (nSPS) is 11.5. The number of imidazole rings is 1. The fourth-order valence-corrected chi connectivity index (χ4v) is 2.76. The van der Waals surface area contributed by atoms with Gasteiger partial charge in [-0.15, -0.1) is 0 Å². The third-order valence-electron chi connectivity index (χ3n) is 4.26. The first-order valence-electron chi connectivity index (χ1n) is 7.56. The van der Waals surface area contributed by atoms with Crippen LogP contribution in [0.3, 0.4) is 0 Å². The van der Waals surface area contributed by atoms with Crippen molar-refractivity contribution >= 4 is 0 Å². The molecule has 0 atom stereocenters. The zero-order valence-electron chi connectivity index (χ0n) is 13.8. The maximum Gasteiger partial charge on any atom is 0.165 e. The smallest absolute Gasteiger partial charge is 0.165 e. The lowest BCUT2D eigenvalue weighted by Crippen LogP contribution is -2.22. The van der Waals surface area contributed by atoms with E-state index < -0.39 is 11.2 Å². The van der Waals surface area contributed by atoms with Gasteiger partial charge in [0, 0.05) is 17.3 Å². The van der Waals surface area contributed by atoms with Crippen LogP contribution in [0.1, 0.15) is 25.1 Å². The molecule has 0 amide bonds. The fourth-order valence-electron chi connectivity index (χ4n) is 2.76. The second kappa shape index (κ2) is 6.07. The average Bonchev–Trinajstić information content (AvgIpc) is 3.06. The van der Waals surface area contributed by atoms with Crippen LogP contribution >= 0.6 is 0 Å². The number of halogens is 2. The monoisotopic (exact) mass is 328 g/mol. The molecule has 1 aromatic heterocycles. The lowest BCUT2D eigenvalue weighted by Gasteiger charge is -2.27. The Hall–Kier alpha value is -2.69. The number of rotatable bonds is 4. The standard InChI is InChI=1S/C19H18F2N2O/c1-19(2,13-4-9-16(21)17(10-13)24-3)18-11-22-12-23(18)15-7-5-14(20)6-8-15/h4-12H,1-3H3. The van der Waals surface area contributed by atoms with Gasteiger partial charge in [0.15, 0.2) is 11.6 Å². The Labute approximate surface area is 139 Å². The molecule has 0 saturated heterocycles. The minimum Gasteiger partial charge on any atom is -0.494 e. The maximum absolute atomic E-state index is 13.7. The summed E-state index contributed by atoms with van der Waals surface area (Å²) in [6.07, 6.45) is 3.45. The van der Waals surface area contributed by atoms with E-state index in [0.717, 1.165) is 16.9 Å². The van der Waals surface area contributed by atoms with Gasteiger partial charge in [-0.3, -0.25) is 0 Å². The summed E-state index contributed by atoms with van der Waals surface area (Å²) in [6.45, 7) is 4.05. The number of methoxy groups -OCH3 is 1. The van der Waals surface area contributed by atoms with Crippen LogP contribution in [-0.4, -0.2) is 16.7 Å². The van der Waals surface area contributed by atoms with Crippen molar-refractivity contribution < 1.29 is 13.5 Å². The Morgan fingerprint density at radius 1 is 1.04 bits per heavy atom. The quantitative estimate of drug-likeness (QED) is 0.706. The molecule has 0 unspecified atom stereocenters. The van der Waals surface area contributed by atoms with Crippen LogP contribution in [-0.2, 0) is 5.41 Å². The summed E-state index contributed by atoms with van der Waals surface area (Å²) in [5, 5.41) is 0. The van der Waals surface area contributed by atoms with E-state index in [1.807, 2.05) is 18.4 Å². The summed E-state index contributed by atoms with van der Waals surface area (Å²) >= 11 is 0. The lowest BCUT2D eigenvalue weighted by molar-refractivity contribution is 0.384. The number of hydrogen-bond acceptors (Lipinski definition) is 2. The highest BCUT2D eigenvalue weighted by molar-refractivity contribution is 5.43. The molecule has 0 aliphatic heterocycles. The molecule has 3 aromatic rings. The van der Waals surface area contributed by atoms with Crippen molar-refractivity contribution in [1.82, 2.24) is 9.55 Å². The molecule has 0 spiro atoms. The minimum atomic E-state index is -0.453. The number of hydrogen-bond donors (Lipinski definition) is 0. The van der Waals surface area contributed by atoms with Crippen molar-refractivity contribution in [3.8, 4) is 11.4 Å². The van der Waals surface area contributed by atoms with Gasteiger partial charge in [0.05, 0.1) is 19.1 Å². The zero-order valence-corrected chi connectivity index (χ0v) is 13.8. The zero-order chi connectivity index (χ0) is 17.3. The van der Waals surface area contributed by atoms with Crippen LogP contribution < -0.4 is 4.74 Å². The molecule has 1 heterocycles. The molecule has 0 N–H and O–H groups in total. The first-order chi connectivity index (χ1) is 11.4. The molecular weight excluding hydrogens is 310 g/mol. The predicted molar refractivity (Wildman–Crippen MR) is 88.6 cm³/mol. The van der Waals surface area contributed by atoms with Crippen molar-refractivity contribution in [2.75, 3.05) is 7.11 Å². The Morgan fingerprint density at radius 2 is 1.75 bits per heavy atom. The molecule has 24 heavy (non-hydrogen) atoms. The molecular formula is C19H18F2N2O. The van der Waals surface area contributed by atoms with Gasteiger partial charge in [0.2, 0.25) is 0 Å². The van der Waals surface area contributed by atoms with Gasteiger partial charge in [-0.05, 0) is 42.0 Å². The molecule has 0 aliphatic carbocycles. The summed E-state index contributed by atoms with van der Waals surface area (Å²) in [4.78, 5) is 4.24. The van der Waals surface area contributed by atoms with Crippen LogP contribution in [0.4, 0.5) is 8.78 Å². The number of ether oxygens (including phenoxy) is 1. The largest absolute Gasteiger partial charge is 0.494 e. The molecule has 124 valence electrons. The maximum atomic E-state index is 13.7. The average molecular weight is 328 g/mol. The van der Waals surface area contributed by atoms with E-state index in [4.69, 9.17) is 4.74 Å². The summed E-state index contributed by atoms with van der Waals surface area (Å²) in [6, 6.07) is 11.0. The van der Waals surface area contributed by atoms with E-state index in [1.54, 1.807) is 36.8 Å². The summed E-state index contributed by atoms with van der Waals surface area (Å²) in [7, 11) is 1.44. The summed E-state index contributed by atoms with van der Waals surface area (Å²) < 4.78 is 33.9. The molecule has 0 radical (unpaired) electrons. The molecule has 0 aliphatic rings. The van der Waals surface area contributed by atoms with Crippen LogP contribution in [0.25, 0.3) is 5.69 Å². The molecule has 5 heteroatoms. The number of benzene rings is 2. The Morgan fingerprint density at radius 3 is 2.42 bits per heavy atom. The van der Waals surface area contributed by atoms with Crippen LogP contribution in [0, 0.1) is 11.6 Å². The molecule has 3 nitrogen and oxygen atoms in total. The second-order valence-corrected chi connectivity index (χ2v) is 6.10. The summed E-state index contributed by atoms with van der Waals surface area (Å²) in [5.41, 5.74) is 2.16. The SMILES string of the molecule is COc1cc(C(C)(C)c2cncn2-c2ccc(F)cc2)ccc1F. The number of nitrogens with zero attached hydrogens (tertiary/aromatic N) is 2. The second-order valence-electron chi connectivity index (χ2n) is 6.10. The van der Waals surface area contributed by atoms with Gasteiger partial charge < -0.3 is 9.30 Å². The van der Waals surface area contributed by atoms with Gasteiger partial charge >= 0.3 is 0 Å². The van der Waals surface area contributed by atoms with Gasteiger partial charge in [-0.25, -0.2) is 13.8 Å². The van der Waals surface area contributed by atoms with Crippen LogP contribution in [0.2, 0.25) is 0 Å². The first kappa shape index (κ1) is 16.2. The van der Waals surface area contributed by atoms with E-state index >= 15 is 0 Å². The summed E-state index contributed by atoms with van der Waals surface area (Å²) in [5.74, 6) is -0.486. The third-order valence-corrected chi connectivity index (χ3v) is 4.26. The Bertz CT molecular complexity index is 854. The predicted octanol–water partition coefficient (Wildman–Crippen LogP) is 4.49. The molecule has 3 rings (SSSR count). The topological polar surface area (TPSA) is 27.1 Å². The highest BCUT2D eigenvalue weighted by Crippen LogP contribution is 2.35. The molecule has 0 bridgehead atoms. The number of aromatic nitrogens is 2. The van der Waals surface area contributed by atoms with E-state index in [-0.39, 0.29) is 11.6 Å². The van der Waals surface area contributed by atoms with Gasteiger partial charge in [-0.1, -0.05) is 19.9 Å². The molecule has 0 saturated carbocycles. The van der Waals surface area contributed by atoms with Crippen molar-refractivity contribution in [2.45, 2.75) is 19.3 Å². The van der Waals surface area contributed by atoms with Crippen molar-refractivity contribution in [3.05, 3.63) is 77.9 Å². The Kier molecular flexibility index (Phi) is 4.09.